The molecule has 0 aromatic carbocycles. The van der Waals surface area contributed by atoms with Gasteiger partial charge < -0.3 is 10.6 Å². The molecular formula is C13H22N4O2. The van der Waals surface area contributed by atoms with Crippen molar-refractivity contribution in [3.63, 3.8) is 0 Å². The molecule has 1 aromatic heterocycles. The van der Waals surface area contributed by atoms with Crippen molar-refractivity contribution in [3.05, 3.63) is 18.5 Å². The number of rotatable bonds is 7. The van der Waals surface area contributed by atoms with E-state index >= 15 is 0 Å². The summed E-state index contributed by atoms with van der Waals surface area (Å²) < 4.78 is 1.69. The highest BCUT2D eigenvalue weighted by Crippen LogP contribution is 2.05. The van der Waals surface area contributed by atoms with E-state index in [9.17, 15) is 9.59 Å². The van der Waals surface area contributed by atoms with Gasteiger partial charge in [-0.15, -0.1) is 0 Å². The Balaban J connectivity index is 2.44. The SMILES string of the molecule is CNC(=O)[C@H](CC(C)C)NC(=O)CCn1cccn1. The number of hydrogen-bond donors (Lipinski definition) is 2. The zero-order valence-electron chi connectivity index (χ0n) is 11.7. The minimum absolute atomic E-state index is 0.134. The molecule has 0 radical (unpaired) electrons. The third-order valence-corrected chi connectivity index (χ3v) is 2.73. The first-order valence-corrected chi connectivity index (χ1v) is 6.51. The second kappa shape index (κ2) is 7.56. The molecule has 0 bridgehead atoms. The van der Waals surface area contributed by atoms with Gasteiger partial charge in [-0.25, -0.2) is 0 Å². The lowest BCUT2D eigenvalue weighted by Gasteiger charge is -2.19. The second-order valence-corrected chi connectivity index (χ2v) is 4.88. The normalized spacial score (nSPS) is 12.2. The molecule has 0 aliphatic heterocycles. The fourth-order valence-corrected chi connectivity index (χ4v) is 1.79. The van der Waals surface area contributed by atoms with Gasteiger partial charge >= 0.3 is 0 Å². The smallest absolute Gasteiger partial charge is 0.242 e. The Kier molecular flexibility index (Phi) is 6.05. The highest BCUT2D eigenvalue weighted by molar-refractivity contribution is 5.87. The van der Waals surface area contributed by atoms with Crippen LogP contribution in [0.3, 0.4) is 0 Å². The molecule has 1 heterocycles. The Morgan fingerprint density at radius 3 is 2.63 bits per heavy atom. The number of amides is 2. The van der Waals surface area contributed by atoms with Gasteiger partial charge in [0.1, 0.15) is 6.04 Å². The summed E-state index contributed by atoms with van der Waals surface area (Å²) in [6.07, 6.45) is 4.42. The molecule has 0 fully saturated rings. The van der Waals surface area contributed by atoms with Crippen LogP contribution in [-0.4, -0.2) is 34.7 Å². The average Bonchev–Trinajstić information content (AvgIpc) is 2.87. The molecule has 0 unspecified atom stereocenters. The van der Waals surface area contributed by atoms with Crippen LogP contribution in [-0.2, 0) is 16.1 Å². The first-order chi connectivity index (χ1) is 9.02. The number of carbonyl (C=O) groups excluding carboxylic acids is 2. The van der Waals surface area contributed by atoms with Gasteiger partial charge in [0.05, 0.1) is 0 Å². The van der Waals surface area contributed by atoms with E-state index < -0.39 is 6.04 Å². The summed E-state index contributed by atoms with van der Waals surface area (Å²) in [5.41, 5.74) is 0. The molecular weight excluding hydrogens is 244 g/mol. The van der Waals surface area contributed by atoms with Gasteiger partial charge in [0.15, 0.2) is 0 Å². The zero-order chi connectivity index (χ0) is 14.3. The van der Waals surface area contributed by atoms with E-state index in [1.165, 1.54) is 0 Å². The molecule has 19 heavy (non-hydrogen) atoms. The van der Waals surface area contributed by atoms with Gasteiger partial charge in [0.25, 0.3) is 0 Å². The van der Waals surface area contributed by atoms with Crippen molar-refractivity contribution in [2.75, 3.05) is 7.05 Å². The molecule has 106 valence electrons. The van der Waals surface area contributed by atoms with Crippen molar-refractivity contribution in [2.45, 2.75) is 39.3 Å². The first kappa shape index (κ1) is 15.2. The van der Waals surface area contributed by atoms with Crippen molar-refractivity contribution < 1.29 is 9.59 Å². The molecule has 0 aliphatic carbocycles. The number of hydrogen-bond acceptors (Lipinski definition) is 3. The molecule has 0 aliphatic rings. The highest BCUT2D eigenvalue weighted by atomic mass is 16.2. The number of aryl methyl sites for hydroxylation is 1. The summed E-state index contributed by atoms with van der Waals surface area (Å²) in [5, 5.41) is 9.37. The molecule has 6 nitrogen and oxygen atoms in total. The lowest BCUT2D eigenvalue weighted by Crippen LogP contribution is -2.46. The summed E-state index contributed by atoms with van der Waals surface area (Å²) in [6, 6.07) is 1.35. The molecule has 1 aromatic rings. The molecule has 2 N–H and O–H groups in total. The quantitative estimate of drug-likeness (QED) is 0.756. The van der Waals surface area contributed by atoms with Crippen molar-refractivity contribution in [2.24, 2.45) is 5.92 Å². The molecule has 2 amide bonds. The average molecular weight is 266 g/mol. The third kappa shape index (κ3) is 5.54. The van der Waals surface area contributed by atoms with Crippen LogP contribution in [0.5, 0.6) is 0 Å². The van der Waals surface area contributed by atoms with Crippen molar-refractivity contribution in [3.8, 4) is 0 Å². The standard InChI is InChI=1S/C13H22N4O2/c1-10(2)9-11(13(19)14-3)16-12(18)5-8-17-7-4-6-15-17/h4,6-7,10-11H,5,8-9H2,1-3H3,(H,14,19)(H,16,18)/t11-/m0/s1. The van der Waals surface area contributed by atoms with E-state index in [0.29, 0.717) is 25.3 Å². The number of nitrogens with zero attached hydrogens (tertiary/aromatic N) is 2. The highest BCUT2D eigenvalue weighted by Gasteiger charge is 2.20. The van der Waals surface area contributed by atoms with Crippen LogP contribution in [0, 0.1) is 5.92 Å². The largest absolute Gasteiger partial charge is 0.357 e. The predicted molar refractivity (Wildman–Crippen MR) is 72.3 cm³/mol. The Morgan fingerprint density at radius 1 is 1.37 bits per heavy atom. The fraction of sp³-hybridized carbons (Fsp3) is 0.615. The number of aromatic nitrogens is 2. The maximum Gasteiger partial charge on any atom is 0.242 e. The lowest BCUT2D eigenvalue weighted by atomic mass is 10.0. The third-order valence-electron chi connectivity index (χ3n) is 2.73. The van der Waals surface area contributed by atoms with E-state index in [1.807, 2.05) is 19.9 Å². The summed E-state index contributed by atoms with van der Waals surface area (Å²) >= 11 is 0. The second-order valence-electron chi connectivity index (χ2n) is 4.88. The molecule has 1 rings (SSSR count). The summed E-state index contributed by atoms with van der Waals surface area (Å²) in [5.74, 6) is 0.0552. The maximum absolute atomic E-state index is 11.8. The zero-order valence-corrected chi connectivity index (χ0v) is 11.7. The Morgan fingerprint density at radius 2 is 2.11 bits per heavy atom. The van der Waals surface area contributed by atoms with Gasteiger partial charge in [-0.3, -0.25) is 14.3 Å². The van der Waals surface area contributed by atoms with Crippen LogP contribution < -0.4 is 10.6 Å². The Labute approximate surface area is 113 Å². The van der Waals surface area contributed by atoms with Crippen molar-refractivity contribution in [1.82, 2.24) is 20.4 Å². The van der Waals surface area contributed by atoms with Gasteiger partial charge in [0.2, 0.25) is 11.8 Å². The summed E-state index contributed by atoms with van der Waals surface area (Å²) in [7, 11) is 1.57. The van der Waals surface area contributed by atoms with Gasteiger partial charge in [-0.2, -0.15) is 5.10 Å². The monoisotopic (exact) mass is 266 g/mol. The van der Waals surface area contributed by atoms with Crippen molar-refractivity contribution >= 4 is 11.8 Å². The van der Waals surface area contributed by atoms with Crippen LogP contribution in [0.1, 0.15) is 26.7 Å². The Bertz CT molecular complexity index is 401. The fourth-order valence-electron chi connectivity index (χ4n) is 1.79. The molecule has 6 heteroatoms. The van der Waals surface area contributed by atoms with Gasteiger partial charge in [-0.1, -0.05) is 13.8 Å². The number of nitrogens with one attached hydrogen (secondary N) is 2. The topological polar surface area (TPSA) is 76.0 Å². The van der Waals surface area contributed by atoms with Crippen molar-refractivity contribution in [1.29, 1.82) is 0 Å². The predicted octanol–water partition coefficient (Wildman–Crippen LogP) is 0.550. The molecule has 1 atom stereocenters. The number of likely N-dealkylation sites (N-methyl/N-ethyl adjacent to an activating group) is 1. The first-order valence-electron chi connectivity index (χ1n) is 6.51. The Hall–Kier alpha value is -1.85. The van der Waals surface area contributed by atoms with E-state index in [2.05, 4.69) is 15.7 Å². The number of carbonyl (C=O) groups is 2. The molecule has 0 saturated carbocycles. The molecule has 0 saturated heterocycles. The summed E-state index contributed by atoms with van der Waals surface area (Å²) in [4.78, 5) is 23.5. The van der Waals surface area contributed by atoms with Crippen LogP contribution in [0.15, 0.2) is 18.5 Å². The maximum atomic E-state index is 11.8. The van der Waals surface area contributed by atoms with E-state index in [0.717, 1.165) is 0 Å². The van der Waals surface area contributed by atoms with Gasteiger partial charge in [0, 0.05) is 32.4 Å². The van der Waals surface area contributed by atoms with E-state index in [1.54, 1.807) is 24.1 Å². The van der Waals surface area contributed by atoms with Crippen LogP contribution >= 0.6 is 0 Å². The van der Waals surface area contributed by atoms with Crippen LogP contribution in [0.25, 0.3) is 0 Å². The van der Waals surface area contributed by atoms with Crippen LogP contribution in [0.4, 0.5) is 0 Å². The minimum Gasteiger partial charge on any atom is -0.357 e. The summed E-state index contributed by atoms with van der Waals surface area (Å²) in [6.45, 7) is 4.55. The minimum atomic E-state index is -0.463. The lowest BCUT2D eigenvalue weighted by molar-refractivity contribution is -0.129. The van der Waals surface area contributed by atoms with E-state index in [4.69, 9.17) is 0 Å². The molecule has 0 spiro atoms. The van der Waals surface area contributed by atoms with Crippen LogP contribution in [0.2, 0.25) is 0 Å². The van der Waals surface area contributed by atoms with Gasteiger partial charge in [-0.05, 0) is 18.4 Å². The van der Waals surface area contributed by atoms with E-state index in [-0.39, 0.29) is 11.8 Å².